The lowest BCUT2D eigenvalue weighted by molar-refractivity contribution is 0.584. The van der Waals surface area contributed by atoms with Crippen molar-refractivity contribution in [3.63, 3.8) is 0 Å². The lowest BCUT2D eigenvalue weighted by Gasteiger charge is -2.00. The van der Waals surface area contributed by atoms with Gasteiger partial charge in [0.15, 0.2) is 0 Å². The van der Waals surface area contributed by atoms with Crippen LogP contribution in [0.4, 0.5) is 8.78 Å². The van der Waals surface area contributed by atoms with Gasteiger partial charge in [-0.1, -0.05) is 6.07 Å². The van der Waals surface area contributed by atoms with E-state index in [0.717, 1.165) is 6.07 Å². The minimum absolute atomic E-state index is 0.416. The van der Waals surface area contributed by atoms with Gasteiger partial charge in [-0.2, -0.15) is 0 Å². The van der Waals surface area contributed by atoms with E-state index in [9.17, 15) is 8.78 Å². The molecule has 0 spiro atoms. The van der Waals surface area contributed by atoms with Crippen LogP contribution in [0, 0.1) is 17.8 Å². The summed E-state index contributed by atoms with van der Waals surface area (Å²) in [6.45, 7) is 0. The standard InChI is InChI=1S/C11H6F2N/c12-9-5-8(6-10(13)7-9)11-3-1-2-4-14-11/h1-3,5-7H. The summed E-state index contributed by atoms with van der Waals surface area (Å²) in [6.07, 6.45) is 2.60. The fraction of sp³-hybridized carbons (Fsp3) is 0. The quantitative estimate of drug-likeness (QED) is 0.673. The van der Waals surface area contributed by atoms with Crippen molar-refractivity contribution >= 4 is 0 Å². The zero-order valence-corrected chi connectivity index (χ0v) is 7.17. The molecule has 0 saturated carbocycles. The number of nitrogens with zero attached hydrogens (tertiary/aromatic N) is 1. The van der Waals surface area contributed by atoms with Gasteiger partial charge in [0.05, 0.1) is 11.9 Å². The van der Waals surface area contributed by atoms with Gasteiger partial charge in [0.1, 0.15) is 11.6 Å². The Morgan fingerprint density at radius 2 is 1.79 bits per heavy atom. The van der Waals surface area contributed by atoms with Gasteiger partial charge >= 0.3 is 0 Å². The predicted molar refractivity (Wildman–Crippen MR) is 48.4 cm³/mol. The Labute approximate surface area is 80.0 Å². The van der Waals surface area contributed by atoms with Crippen molar-refractivity contribution in [2.45, 2.75) is 0 Å². The molecule has 1 nitrogen and oxygen atoms in total. The summed E-state index contributed by atoms with van der Waals surface area (Å²) in [5, 5.41) is 0. The normalized spacial score (nSPS) is 10.1. The van der Waals surface area contributed by atoms with Crippen molar-refractivity contribution in [2.75, 3.05) is 0 Å². The van der Waals surface area contributed by atoms with E-state index in [1.807, 2.05) is 0 Å². The van der Waals surface area contributed by atoms with Crippen LogP contribution < -0.4 is 0 Å². The second kappa shape index (κ2) is 3.54. The number of benzene rings is 1. The van der Waals surface area contributed by atoms with Crippen LogP contribution in [0.3, 0.4) is 0 Å². The highest BCUT2D eigenvalue weighted by Gasteiger charge is 2.03. The highest BCUT2D eigenvalue weighted by molar-refractivity contribution is 5.58. The first-order valence-electron chi connectivity index (χ1n) is 4.05. The van der Waals surface area contributed by atoms with E-state index in [1.165, 1.54) is 12.1 Å². The average molecular weight is 190 g/mol. The van der Waals surface area contributed by atoms with E-state index < -0.39 is 11.6 Å². The largest absolute Gasteiger partial charge is 0.246 e. The van der Waals surface area contributed by atoms with Crippen molar-refractivity contribution in [1.82, 2.24) is 4.98 Å². The summed E-state index contributed by atoms with van der Waals surface area (Å²) >= 11 is 0. The minimum atomic E-state index is -0.606. The molecular weight excluding hydrogens is 184 g/mol. The van der Waals surface area contributed by atoms with E-state index in [2.05, 4.69) is 11.2 Å². The summed E-state index contributed by atoms with van der Waals surface area (Å²) in [7, 11) is 0. The van der Waals surface area contributed by atoms with Crippen LogP contribution in [-0.2, 0) is 0 Å². The third-order valence-corrected chi connectivity index (χ3v) is 1.77. The highest BCUT2D eigenvalue weighted by atomic mass is 19.1. The summed E-state index contributed by atoms with van der Waals surface area (Å²) in [6, 6.07) is 8.31. The van der Waals surface area contributed by atoms with E-state index in [-0.39, 0.29) is 0 Å². The first kappa shape index (κ1) is 8.81. The minimum Gasteiger partial charge on any atom is -0.246 e. The zero-order valence-electron chi connectivity index (χ0n) is 7.17. The predicted octanol–water partition coefficient (Wildman–Crippen LogP) is 2.83. The molecule has 0 atom stereocenters. The van der Waals surface area contributed by atoms with Crippen LogP contribution in [-0.4, -0.2) is 4.98 Å². The molecule has 0 N–H and O–H groups in total. The smallest absolute Gasteiger partial charge is 0.126 e. The third-order valence-electron chi connectivity index (χ3n) is 1.77. The van der Waals surface area contributed by atoms with Gasteiger partial charge in [-0.3, -0.25) is 0 Å². The van der Waals surface area contributed by atoms with Crippen LogP contribution in [0.25, 0.3) is 11.3 Å². The number of pyridine rings is 1. The van der Waals surface area contributed by atoms with Crippen molar-refractivity contribution < 1.29 is 8.78 Å². The molecule has 0 fully saturated rings. The van der Waals surface area contributed by atoms with Crippen molar-refractivity contribution in [1.29, 1.82) is 0 Å². The lowest BCUT2D eigenvalue weighted by atomic mass is 10.1. The third kappa shape index (κ3) is 1.76. The molecule has 1 aromatic carbocycles. The molecule has 1 heterocycles. The van der Waals surface area contributed by atoms with Gasteiger partial charge in [-0.25, -0.2) is 13.8 Å². The first-order valence-corrected chi connectivity index (χ1v) is 4.05. The SMILES string of the molecule is Fc1cc(F)cc(-c2ccc[c]n2)c1. The fourth-order valence-corrected chi connectivity index (χ4v) is 1.19. The first-order chi connectivity index (χ1) is 6.75. The van der Waals surface area contributed by atoms with Crippen molar-refractivity contribution in [3.8, 4) is 11.3 Å². The molecule has 69 valence electrons. The Morgan fingerprint density at radius 1 is 1.07 bits per heavy atom. The summed E-state index contributed by atoms with van der Waals surface area (Å²) in [4.78, 5) is 3.87. The van der Waals surface area contributed by atoms with Crippen molar-refractivity contribution in [3.05, 3.63) is 54.2 Å². The van der Waals surface area contributed by atoms with Gasteiger partial charge in [-0.15, -0.1) is 0 Å². The Hall–Kier alpha value is -1.77. The Balaban J connectivity index is 2.52. The summed E-state index contributed by atoms with van der Waals surface area (Å²) in [5.74, 6) is -1.21. The van der Waals surface area contributed by atoms with Gasteiger partial charge in [0.25, 0.3) is 0 Å². The summed E-state index contributed by atoms with van der Waals surface area (Å²) < 4.78 is 25.7. The number of halogens is 2. The lowest BCUT2D eigenvalue weighted by Crippen LogP contribution is -1.86. The molecule has 2 rings (SSSR count). The monoisotopic (exact) mass is 190 g/mol. The fourth-order valence-electron chi connectivity index (χ4n) is 1.19. The van der Waals surface area contributed by atoms with Crippen LogP contribution in [0.1, 0.15) is 0 Å². The Morgan fingerprint density at radius 3 is 2.36 bits per heavy atom. The van der Waals surface area contributed by atoms with Gasteiger partial charge in [0.2, 0.25) is 0 Å². The maximum absolute atomic E-state index is 12.8. The van der Waals surface area contributed by atoms with Crippen molar-refractivity contribution in [2.24, 2.45) is 0 Å². The summed E-state index contributed by atoms with van der Waals surface area (Å²) in [5.41, 5.74) is 0.922. The molecule has 3 heteroatoms. The zero-order chi connectivity index (χ0) is 9.97. The van der Waals surface area contributed by atoms with Crippen LogP contribution in [0.5, 0.6) is 0 Å². The second-order valence-electron chi connectivity index (χ2n) is 2.81. The number of aromatic nitrogens is 1. The van der Waals surface area contributed by atoms with E-state index >= 15 is 0 Å². The molecule has 0 bridgehead atoms. The van der Waals surface area contributed by atoms with E-state index in [1.54, 1.807) is 18.2 Å². The maximum Gasteiger partial charge on any atom is 0.126 e. The number of hydrogen-bond donors (Lipinski definition) is 0. The topological polar surface area (TPSA) is 12.9 Å². The maximum atomic E-state index is 12.8. The number of rotatable bonds is 1. The van der Waals surface area contributed by atoms with E-state index in [4.69, 9.17) is 0 Å². The molecule has 2 aromatic rings. The van der Waals surface area contributed by atoms with Gasteiger partial charge in [-0.05, 0) is 24.3 Å². The van der Waals surface area contributed by atoms with E-state index in [0.29, 0.717) is 11.3 Å². The molecule has 0 unspecified atom stereocenters. The molecule has 1 radical (unpaired) electrons. The number of hydrogen-bond acceptors (Lipinski definition) is 1. The molecule has 0 aliphatic carbocycles. The van der Waals surface area contributed by atoms with Crippen LogP contribution in [0.15, 0.2) is 36.4 Å². The van der Waals surface area contributed by atoms with Crippen LogP contribution in [0.2, 0.25) is 0 Å². The molecule has 14 heavy (non-hydrogen) atoms. The Kier molecular flexibility index (Phi) is 2.23. The second-order valence-corrected chi connectivity index (χ2v) is 2.81. The molecule has 1 aromatic heterocycles. The van der Waals surface area contributed by atoms with Gasteiger partial charge < -0.3 is 0 Å². The molecule has 0 aliphatic heterocycles. The highest BCUT2D eigenvalue weighted by Crippen LogP contribution is 2.18. The van der Waals surface area contributed by atoms with Crippen LogP contribution >= 0.6 is 0 Å². The molecule has 0 saturated heterocycles. The average Bonchev–Trinajstić information content (AvgIpc) is 2.18. The molecular formula is C11H6F2N. The molecule has 0 amide bonds. The Bertz CT molecular complexity index is 420. The molecule has 0 aliphatic rings. The van der Waals surface area contributed by atoms with Gasteiger partial charge in [0, 0.05) is 11.6 Å².